The summed E-state index contributed by atoms with van der Waals surface area (Å²) in [5, 5.41) is 2.97. The fourth-order valence-corrected chi connectivity index (χ4v) is 2.36. The summed E-state index contributed by atoms with van der Waals surface area (Å²) >= 11 is 1.61. The van der Waals surface area contributed by atoms with Crippen LogP contribution in [0.25, 0.3) is 0 Å². The van der Waals surface area contributed by atoms with E-state index in [1.54, 1.807) is 11.8 Å². The van der Waals surface area contributed by atoms with Crippen molar-refractivity contribution in [2.75, 3.05) is 5.75 Å². The molecule has 0 aliphatic heterocycles. The molecule has 0 saturated heterocycles. The van der Waals surface area contributed by atoms with Crippen LogP contribution in [0.1, 0.15) is 31.4 Å². The van der Waals surface area contributed by atoms with Crippen molar-refractivity contribution in [2.45, 2.75) is 45.1 Å². The van der Waals surface area contributed by atoms with Gasteiger partial charge in [-0.1, -0.05) is 24.6 Å². The molecule has 0 aliphatic rings. The van der Waals surface area contributed by atoms with E-state index in [2.05, 4.69) is 44.3 Å². The van der Waals surface area contributed by atoms with Gasteiger partial charge in [0.2, 0.25) is 5.91 Å². The van der Waals surface area contributed by atoms with Gasteiger partial charge in [0.15, 0.2) is 0 Å². The number of aryl methyl sites for hydroxylation is 2. The van der Waals surface area contributed by atoms with Crippen LogP contribution in [0.5, 0.6) is 0 Å². The first kappa shape index (κ1) is 14.1. The van der Waals surface area contributed by atoms with Gasteiger partial charge in [-0.25, -0.2) is 0 Å². The monoisotopic (exact) mass is 251 g/mol. The van der Waals surface area contributed by atoms with Crippen LogP contribution in [-0.2, 0) is 4.79 Å². The molecule has 0 radical (unpaired) electrons. The summed E-state index contributed by atoms with van der Waals surface area (Å²) in [4.78, 5) is 12.8. The lowest BCUT2D eigenvalue weighted by atomic mass is 10.2. The molecule has 1 amide bonds. The number of thioether (sulfide) groups is 1. The average Bonchev–Trinajstić information content (AvgIpc) is 2.30. The number of carbonyl (C=O) groups excluding carboxylic acids is 1. The van der Waals surface area contributed by atoms with Gasteiger partial charge in [0, 0.05) is 10.9 Å². The van der Waals surface area contributed by atoms with Crippen molar-refractivity contribution < 1.29 is 4.79 Å². The van der Waals surface area contributed by atoms with Crippen LogP contribution >= 0.6 is 11.8 Å². The standard InChI is InChI=1S/C14H21NOS/c1-5-12(4)15-14(16)9-17-13-8-10(2)6-7-11(13)3/h6-8,12H,5,9H2,1-4H3,(H,15,16). The summed E-state index contributed by atoms with van der Waals surface area (Å²) in [5.41, 5.74) is 2.47. The number of carbonyl (C=O) groups is 1. The minimum atomic E-state index is 0.116. The van der Waals surface area contributed by atoms with Crippen LogP contribution in [0.15, 0.2) is 23.1 Å². The first-order chi connectivity index (χ1) is 8.02. The van der Waals surface area contributed by atoms with Gasteiger partial charge >= 0.3 is 0 Å². The molecule has 1 aromatic rings. The molecule has 0 bridgehead atoms. The van der Waals surface area contributed by atoms with Crippen LogP contribution in [-0.4, -0.2) is 17.7 Å². The van der Waals surface area contributed by atoms with E-state index in [0.717, 1.165) is 6.42 Å². The highest BCUT2D eigenvalue weighted by molar-refractivity contribution is 8.00. The highest BCUT2D eigenvalue weighted by atomic mass is 32.2. The fourth-order valence-electron chi connectivity index (χ4n) is 1.42. The molecule has 1 rings (SSSR count). The van der Waals surface area contributed by atoms with Gasteiger partial charge in [-0.3, -0.25) is 4.79 Å². The molecule has 1 atom stereocenters. The number of rotatable bonds is 5. The smallest absolute Gasteiger partial charge is 0.230 e. The zero-order valence-corrected chi connectivity index (χ0v) is 11.9. The Morgan fingerprint density at radius 1 is 1.41 bits per heavy atom. The molecule has 0 heterocycles. The summed E-state index contributed by atoms with van der Waals surface area (Å²) in [6.07, 6.45) is 0.972. The molecule has 94 valence electrons. The lowest BCUT2D eigenvalue weighted by Gasteiger charge is -2.11. The summed E-state index contributed by atoms with van der Waals surface area (Å²) in [7, 11) is 0. The number of hydrogen-bond acceptors (Lipinski definition) is 2. The van der Waals surface area contributed by atoms with E-state index in [4.69, 9.17) is 0 Å². The van der Waals surface area contributed by atoms with Gasteiger partial charge in [-0.05, 0) is 38.8 Å². The van der Waals surface area contributed by atoms with Crippen molar-refractivity contribution in [3.05, 3.63) is 29.3 Å². The maximum atomic E-state index is 11.6. The Labute approximate surface area is 108 Å². The Kier molecular flexibility index (Phi) is 5.56. The Bertz CT molecular complexity index is 390. The van der Waals surface area contributed by atoms with Crippen LogP contribution in [0.3, 0.4) is 0 Å². The van der Waals surface area contributed by atoms with Crippen LogP contribution in [0, 0.1) is 13.8 Å². The van der Waals surface area contributed by atoms with Gasteiger partial charge in [-0.2, -0.15) is 0 Å². The van der Waals surface area contributed by atoms with Crippen LogP contribution < -0.4 is 5.32 Å². The lowest BCUT2D eigenvalue weighted by molar-refractivity contribution is -0.119. The highest BCUT2D eigenvalue weighted by Gasteiger charge is 2.07. The number of amides is 1. The molecular formula is C14H21NOS. The number of nitrogens with one attached hydrogen (secondary N) is 1. The minimum Gasteiger partial charge on any atom is -0.353 e. The third-order valence-corrected chi connectivity index (χ3v) is 3.88. The summed E-state index contributed by atoms with van der Waals surface area (Å²) in [6.45, 7) is 8.25. The molecule has 3 heteroatoms. The molecule has 2 nitrogen and oxygen atoms in total. The largest absolute Gasteiger partial charge is 0.353 e. The van der Waals surface area contributed by atoms with E-state index in [9.17, 15) is 4.79 Å². The van der Waals surface area contributed by atoms with Crippen molar-refractivity contribution in [3.8, 4) is 0 Å². The molecule has 0 aromatic heterocycles. The second-order valence-corrected chi connectivity index (χ2v) is 5.45. The molecule has 1 unspecified atom stereocenters. The number of hydrogen-bond donors (Lipinski definition) is 1. The molecule has 0 spiro atoms. The average molecular weight is 251 g/mol. The first-order valence-corrected chi connectivity index (χ1v) is 7.01. The quantitative estimate of drug-likeness (QED) is 0.813. The Balaban J connectivity index is 2.50. The van der Waals surface area contributed by atoms with E-state index < -0.39 is 0 Å². The SMILES string of the molecule is CCC(C)NC(=O)CSc1cc(C)ccc1C. The Morgan fingerprint density at radius 2 is 2.12 bits per heavy atom. The molecule has 0 saturated carbocycles. The van der Waals surface area contributed by atoms with Gasteiger partial charge < -0.3 is 5.32 Å². The molecule has 1 N–H and O–H groups in total. The van der Waals surface area contributed by atoms with E-state index in [1.807, 2.05) is 6.92 Å². The summed E-state index contributed by atoms with van der Waals surface area (Å²) < 4.78 is 0. The maximum Gasteiger partial charge on any atom is 0.230 e. The topological polar surface area (TPSA) is 29.1 Å². The van der Waals surface area contributed by atoms with Crippen molar-refractivity contribution >= 4 is 17.7 Å². The van der Waals surface area contributed by atoms with Crippen molar-refractivity contribution in [1.82, 2.24) is 5.32 Å². The summed E-state index contributed by atoms with van der Waals surface area (Å²) in [6, 6.07) is 6.60. The van der Waals surface area contributed by atoms with Gasteiger partial charge in [0.25, 0.3) is 0 Å². The van der Waals surface area contributed by atoms with E-state index in [0.29, 0.717) is 5.75 Å². The first-order valence-electron chi connectivity index (χ1n) is 6.02. The van der Waals surface area contributed by atoms with Gasteiger partial charge in [0.1, 0.15) is 0 Å². The maximum absolute atomic E-state index is 11.6. The van der Waals surface area contributed by atoms with Gasteiger partial charge in [0.05, 0.1) is 5.75 Å². The molecule has 17 heavy (non-hydrogen) atoms. The third-order valence-electron chi connectivity index (χ3n) is 2.72. The van der Waals surface area contributed by atoms with Crippen LogP contribution in [0.4, 0.5) is 0 Å². The predicted molar refractivity (Wildman–Crippen MR) is 74.5 cm³/mol. The van der Waals surface area contributed by atoms with Crippen molar-refractivity contribution in [2.24, 2.45) is 0 Å². The predicted octanol–water partition coefficient (Wildman–Crippen LogP) is 3.31. The molecular weight excluding hydrogens is 230 g/mol. The van der Waals surface area contributed by atoms with E-state index in [1.165, 1.54) is 16.0 Å². The zero-order chi connectivity index (χ0) is 12.8. The molecule has 0 aliphatic carbocycles. The second kappa shape index (κ2) is 6.70. The Hall–Kier alpha value is -0.960. The lowest BCUT2D eigenvalue weighted by Crippen LogP contribution is -2.33. The van der Waals surface area contributed by atoms with Crippen molar-refractivity contribution in [1.29, 1.82) is 0 Å². The third kappa shape index (κ3) is 4.82. The Morgan fingerprint density at radius 3 is 2.76 bits per heavy atom. The van der Waals surface area contributed by atoms with Crippen molar-refractivity contribution in [3.63, 3.8) is 0 Å². The fraction of sp³-hybridized carbons (Fsp3) is 0.500. The van der Waals surface area contributed by atoms with E-state index >= 15 is 0 Å². The molecule has 0 fully saturated rings. The van der Waals surface area contributed by atoms with Gasteiger partial charge in [-0.15, -0.1) is 11.8 Å². The zero-order valence-electron chi connectivity index (χ0n) is 11.0. The minimum absolute atomic E-state index is 0.116. The highest BCUT2D eigenvalue weighted by Crippen LogP contribution is 2.23. The number of benzene rings is 1. The summed E-state index contributed by atoms with van der Waals surface area (Å²) in [5.74, 6) is 0.611. The normalized spacial score (nSPS) is 12.2. The molecule has 1 aromatic carbocycles. The van der Waals surface area contributed by atoms with Crippen LogP contribution in [0.2, 0.25) is 0 Å². The van der Waals surface area contributed by atoms with E-state index in [-0.39, 0.29) is 11.9 Å². The second-order valence-electron chi connectivity index (χ2n) is 4.43.